The Morgan fingerprint density at radius 3 is 2.50 bits per heavy atom. The third kappa shape index (κ3) is 5.33. The first kappa shape index (κ1) is 20.4. The monoisotopic (exact) mass is 504 g/mol. The first-order valence-corrected chi connectivity index (χ1v) is 10.2. The maximum Gasteiger partial charge on any atom is 0.269 e. The van der Waals surface area contributed by atoms with E-state index >= 15 is 0 Å². The van der Waals surface area contributed by atoms with Crippen LogP contribution in [0, 0.1) is 17.0 Å². The van der Waals surface area contributed by atoms with Crippen LogP contribution in [-0.4, -0.2) is 4.92 Å². The number of nitro groups is 1. The van der Waals surface area contributed by atoms with E-state index in [0.29, 0.717) is 13.2 Å². The molecule has 7 heteroatoms. The van der Waals surface area contributed by atoms with Gasteiger partial charge in [-0.25, -0.2) is 0 Å². The Hall–Kier alpha value is -2.38. The molecule has 0 spiro atoms. The van der Waals surface area contributed by atoms with Crippen molar-refractivity contribution in [2.24, 2.45) is 0 Å². The summed E-state index contributed by atoms with van der Waals surface area (Å²) in [4.78, 5) is 10.4. The second-order valence-electron chi connectivity index (χ2n) is 6.31. The summed E-state index contributed by atoms with van der Waals surface area (Å²) in [5.74, 6) is 0.738. The van der Waals surface area contributed by atoms with Crippen LogP contribution in [0.25, 0.3) is 0 Å². The molecule has 0 bridgehead atoms. The van der Waals surface area contributed by atoms with E-state index in [1.807, 2.05) is 24.3 Å². The summed E-state index contributed by atoms with van der Waals surface area (Å²) in [5, 5.41) is 14.2. The Labute approximate surface area is 180 Å². The Kier molecular flexibility index (Phi) is 6.70. The van der Waals surface area contributed by atoms with E-state index in [0.717, 1.165) is 31.5 Å². The van der Waals surface area contributed by atoms with E-state index in [1.54, 1.807) is 12.1 Å². The topological polar surface area (TPSA) is 64.4 Å². The SMILES string of the molecule is Cc1cccc(NCc2cc(Br)cc(Br)c2OCc2ccc([N+](=O)[O-])cc2)c1. The van der Waals surface area contributed by atoms with Gasteiger partial charge in [0.1, 0.15) is 12.4 Å². The molecule has 0 unspecified atom stereocenters. The lowest BCUT2D eigenvalue weighted by molar-refractivity contribution is -0.384. The predicted molar refractivity (Wildman–Crippen MR) is 118 cm³/mol. The zero-order chi connectivity index (χ0) is 20.1. The Balaban J connectivity index is 1.75. The molecule has 0 aliphatic carbocycles. The quantitative estimate of drug-likeness (QED) is 0.289. The van der Waals surface area contributed by atoms with Gasteiger partial charge in [-0.1, -0.05) is 28.1 Å². The molecular weight excluding hydrogens is 488 g/mol. The molecule has 0 heterocycles. The van der Waals surface area contributed by atoms with Crippen LogP contribution in [0.15, 0.2) is 69.6 Å². The molecule has 3 aromatic rings. The van der Waals surface area contributed by atoms with Gasteiger partial charge in [0.2, 0.25) is 0 Å². The van der Waals surface area contributed by atoms with Gasteiger partial charge >= 0.3 is 0 Å². The van der Waals surface area contributed by atoms with Crippen LogP contribution in [0.5, 0.6) is 5.75 Å². The number of hydrogen-bond acceptors (Lipinski definition) is 4. The highest BCUT2D eigenvalue weighted by Gasteiger charge is 2.12. The molecule has 5 nitrogen and oxygen atoms in total. The number of halogens is 2. The number of nitrogens with one attached hydrogen (secondary N) is 1. The molecule has 0 aliphatic heterocycles. The van der Waals surface area contributed by atoms with E-state index in [2.05, 4.69) is 56.2 Å². The largest absolute Gasteiger partial charge is 0.487 e. The minimum absolute atomic E-state index is 0.0663. The number of benzene rings is 3. The number of hydrogen-bond donors (Lipinski definition) is 1. The predicted octanol–water partition coefficient (Wildman–Crippen LogP) is 6.62. The first-order chi connectivity index (χ1) is 13.4. The van der Waals surface area contributed by atoms with Gasteiger partial charge in [-0.15, -0.1) is 0 Å². The van der Waals surface area contributed by atoms with E-state index in [1.165, 1.54) is 17.7 Å². The van der Waals surface area contributed by atoms with Crippen LogP contribution in [0.3, 0.4) is 0 Å². The van der Waals surface area contributed by atoms with Crippen molar-refractivity contribution in [2.75, 3.05) is 5.32 Å². The normalized spacial score (nSPS) is 10.5. The van der Waals surface area contributed by atoms with Crippen LogP contribution in [0.1, 0.15) is 16.7 Å². The summed E-state index contributed by atoms with van der Waals surface area (Å²) in [6.45, 7) is 2.96. The van der Waals surface area contributed by atoms with Gasteiger partial charge in [-0.3, -0.25) is 10.1 Å². The third-order valence-electron chi connectivity index (χ3n) is 4.12. The fraction of sp³-hybridized carbons (Fsp3) is 0.143. The Morgan fingerprint density at radius 2 is 1.82 bits per heavy atom. The van der Waals surface area contributed by atoms with Crippen molar-refractivity contribution in [3.63, 3.8) is 0 Å². The molecule has 0 radical (unpaired) electrons. The average molecular weight is 506 g/mol. The highest BCUT2D eigenvalue weighted by molar-refractivity contribution is 9.11. The lowest BCUT2D eigenvalue weighted by Gasteiger charge is -2.16. The van der Waals surface area contributed by atoms with Crippen molar-refractivity contribution in [2.45, 2.75) is 20.1 Å². The van der Waals surface area contributed by atoms with Gasteiger partial charge in [0.05, 0.1) is 9.40 Å². The summed E-state index contributed by atoms with van der Waals surface area (Å²) in [5.41, 5.74) is 4.15. The number of non-ortho nitro benzene ring substituents is 1. The van der Waals surface area contributed by atoms with Crippen molar-refractivity contribution >= 4 is 43.2 Å². The smallest absolute Gasteiger partial charge is 0.269 e. The minimum Gasteiger partial charge on any atom is -0.487 e. The molecule has 0 amide bonds. The maximum absolute atomic E-state index is 10.8. The van der Waals surface area contributed by atoms with Crippen LogP contribution >= 0.6 is 31.9 Å². The lowest BCUT2D eigenvalue weighted by atomic mass is 10.1. The molecule has 3 aromatic carbocycles. The number of nitrogens with zero attached hydrogens (tertiary/aromatic N) is 1. The molecule has 28 heavy (non-hydrogen) atoms. The van der Waals surface area contributed by atoms with E-state index in [4.69, 9.17) is 4.74 Å². The van der Waals surface area contributed by atoms with Crippen LogP contribution < -0.4 is 10.1 Å². The fourth-order valence-electron chi connectivity index (χ4n) is 2.73. The van der Waals surface area contributed by atoms with Gasteiger partial charge in [-0.2, -0.15) is 0 Å². The summed E-state index contributed by atoms with van der Waals surface area (Å²) < 4.78 is 7.83. The second-order valence-corrected chi connectivity index (χ2v) is 8.08. The van der Waals surface area contributed by atoms with Gasteiger partial charge in [-0.05, 0) is 70.4 Å². The van der Waals surface area contributed by atoms with Crippen molar-refractivity contribution in [3.8, 4) is 5.75 Å². The number of anilines is 1. The molecule has 0 aromatic heterocycles. The summed E-state index contributed by atoms with van der Waals surface area (Å²) in [6, 6.07) is 18.5. The average Bonchev–Trinajstić information content (AvgIpc) is 2.66. The summed E-state index contributed by atoms with van der Waals surface area (Å²) in [6.07, 6.45) is 0. The highest BCUT2D eigenvalue weighted by Crippen LogP contribution is 2.34. The van der Waals surface area contributed by atoms with Gasteiger partial charge in [0.15, 0.2) is 0 Å². The molecule has 144 valence electrons. The number of ether oxygens (including phenoxy) is 1. The molecule has 3 rings (SSSR count). The number of nitro benzene ring substituents is 1. The Bertz CT molecular complexity index is 991. The molecular formula is C21H18Br2N2O3. The van der Waals surface area contributed by atoms with Crippen molar-refractivity contribution < 1.29 is 9.66 Å². The minimum atomic E-state index is -0.412. The van der Waals surface area contributed by atoms with E-state index in [9.17, 15) is 10.1 Å². The zero-order valence-corrected chi connectivity index (χ0v) is 18.3. The van der Waals surface area contributed by atoms with Crippen molar-refractivity contribution in [1.29, 1.82) is 0 Å². The molecule has 0 saturated carbocycles. The number of aryl methyl sites for hydroxylation is 1. The van der Waals surface area contributed by atoms with Crippen LogP contribution in [-0.2, 0) is 13.2 Å². The maximum atomic E-state index is 10.8. The molecule has 0 fully saturated rings. The van der Waals surface area contributed by atoms with E-state index < -0.39 is 4.92 Å². The van der Waals surface area contributed by atoms with Gasteiger partial charge in [0.25, 0.3) is 5.69 Å². The fourth-order valence-corrected chi connectivity index (χ4v) is 4.16. The molecule has 0 aliphatic rings. The highest BCUT2D eigenvalue weighted by atomic mass is 79.9. The summed E-state index contributed by atoms with van der Waals surface area (Å²) in [7, 11) is 0. The molecule has 0 atom stereocenters. The lowest BCUT2D eigenvalue weighted by Crippen LogP contribution is -2.05. The zero-order valence-electron chi connectivity index (χ0n) is 15.1. The summed E-state index contributed by atoms with van der Waals surface area (Å²) >= 11 is 7.09. The van der Waals surface area contributed by atoms with Crippen molar-refractivity contribution in [1.82, 2.24) is 0 Å². The second kappa shape index (κ2) is 9.21. The van der Waals surface area contributed by atoms with Crippen LogP contribution in [0.2, 0.25) is 0 Å². The standard InChI is InChI=1S/C21H18Br2N2O3/c1-14-3-2-4-18(9-14)24-12-16-10-17(22)11-20(23)21(16)28-13-15-5-7-19(8-6-15)25(26)27/h2-11,24H,12-13H2,1H3. The van der Waals surface area contributed by atoms with E-state index in [-0.39, 0.29) is 5.69 Å². The van der Waals surface area contributed by atoms with Crippen LogP contribution in [0.4, 0.5) is 11.4 Å². The number of rotatable bonds is 7. The molecule has 0 saturated heterocycles. The van der Waals surface area contributed by atoms with Gasteiger partial charge in [0, 0.05) is 34.4 Å². The molecule has 1 N–H and O–H groups in total. The van der Waals surface area contributed by atoms with Crippen molar-refractivity contribution in [3.05, 3.63) is 96.4 Å². The first-order valence-electron chi connectivity index (χ1n) is 8.57. The third-order valence-corrected chi connectivity index (χ3v) is 5.16. The Morgan fingerprint density at radius 1 is 1.07 bits per heavy atom. The van der Waals surface area contributed by atoms with Gasteiger partial charge < -0.3 is 10.1 Å².